The summed E-state index contributed by atoms with van der Waals surface area (Å²) in [6.07, 6.45) is 0.860. The number of nitrogens with one attached hydrogen (secondary N) is 1. The van der Waals surface area contributed by atoms with Crippen molar-refractivity contribution < 1.29 is 18.8 Å². The normalized spacial score (nSPS) is 10.6. The molecule has 140 valence electrons. The van der Waals surface area contributed by atoms with Crippen LogP contribution in [0.3, 0.4) is 0 Å². The van der Waals surface area contributed by atoms with E-state index in [-0.39, 0.29) is 5.88 Å². The molecule has 0 unspecified atom stereocenters. The van der Waals surface area contributed by atoms with Crippen molar-refractivity contribution in [3.63, 3.8) is 0 Å². The molecule has 1 N–H and O–H groups in total. The van der Waals surface area contributed by atoms with Gasteiger partial charge in [-0.25, -0.2) is 4.79 Å². The van der Waals surface area contributed by atoms with E-state index in [4.69, 9.17) is 9.26 Å². The minimum Gasteiger partial charge on any atom is -0.451 e. The molecule has 0 atom stereocenters. The number of esters is 1. The van der Waals surface area contributed by atoms with E-state index in [2.05, 4.69) is 10.5 Å². The fraction of sp³-hybridized carbons (Fsp3) is 0.250. The average Bonchev–Trinajstić information content (AvgIpc) is 3.26. The van der Waals surface area contributed by atoms with Gasteiger partial charge >= 0.3 is 5.97 Å². The zero-order valence-corrected chi connectivity index (χ0v) is 16.2. The van der Waals surface area contributed by atoms with Crippen LogP contribution in [0.25, 0.3) is 11.3 Å². The van der Waals surface area contributed by atoms with Gasteiger partial charge in [-0.05, 0) is 31.9 Å². The Morgan fingerprint density at radius 2 is 1.93 bits per heavy atom. The van der Waals surface area contributed by atoms with Crippen molar-refractivity contribution in [3.8, 4) is 11.3 Å². The summed E-state index contributed by atoms with van der Waals surface area (Å²) in [4.78, 5) is 25.7. The molecule has 0 saturated carbocycles. The zero-order chi connectivity index (χ0) is 19.4. The Labute approximate surface area is 161 Å². The lowest BCUT2D eigenvalue weighted by molar-refractivity contribution is -0.119. The van der Waals surface area contributed by atoms with E-state index in [1.54, 1.807) is 12.1 Å². The number of hydrogen-bond acceptors (Lipinski definition) is 6. The highest BCUT2D eigenvalue weighted by atomic mass is 32.1. The van der Waals surface area contributed by atoms with Gasteiger partial charge in [-0.3, -0.25) is 10.1 Å². The van der Waals surface area contributed by atoms with Gasteiger partial charge in [0, 0.05) is 16.5 Å². The first-order chi connectivity index (χ1) is 13.0. The molecule has 0 fully saturated rings. The van der Waals surface area contributed by atoms with Crippen LogP contribution in [0.2, 0.25) is 0 Å². The summed E-state index contributed by atoms with van der Waals surface area (Å²) in [6.45, 7) is 5.59. The van der Waals surface area contributed by atoms with E-state index in [1.165, 1.54) is 11.3 Å². The third-order valence-electron chi connectivity index (χ3n) is 4.00. The second kappa shape index (κ2) is 8.18. The number of anilines is 1. The fourth-order valence-corrected chi connectivity index (χ4v) is 3.55. The van der Waals surface area contributed by atoms with Gasteiger partial charge in [0.2, 0.25) is 5.88 Å². The highest BCUT2D eigenvalue weighted by Gasteiger charge is 2.16. The Kier molecular flexibility index (Phi) is 5.71. The van der Waals surface area contributed by atoms with Crippen LogP contribution in [0.4, 0.5) is 5.88 Å². The molecule has 27 heavy (non-hydrogen) atoms. The fourth-order valence-electron chi connectivity index (χ4n) is 2.54. The first-order valence-electron chi connectivity index (χ1n) is 8.56. The first kappa shape index (κ1) is 18.8. The molecule has 0 saturated heterocycles. The number of hydrogen-bond donors (Lipinski definition) is 1. The highest BCUT2D eigenvalue weighted by molar-refractivity contribution is 7.14. The molecule has 0 aliphatic heterocycles. The maximum absolute atomic E-state index is 12.1. The maximum atomic E-state index is 12.1. The van der Waals surface area contributed by atoms with Crippen molar-refractivity contribution in [2.75, 3.05) is 11.9 Å². The monoisotopic (exact) mass is 384 g/mol. The molecule has 2 heterocycles. The molecule has 0 radical (unpaired) electrons. The van der Waals surface area contributed by atoms with E-state index in [9.17, 15) is 9.59 Å². The van der Waals surface area contributed by atoms with Gasteiger partial charge in [-0.15, -0.1) is 11.3 Å². The Morgan fingerprint density at radius 3 is 2.59 bits per heavy atom. The summed E-state index contributed by atoms with van der Waals surface area (Å²) >= 11 is 1.39. The van der Waals surface area contributed by atoms with Crippen molar-refractivity contribution in [3.05, 3.63) is 57.3 Å². The largest absolute Gasteiger partial charge is 0.451 e. The lowest BCUT2D eigenvalue weighted by Gasteiger charge is -2.02. The minimum atomic E-state index is -0.504. The third-order valence-corrected chi connectivity index (χ3v) is 5.36. The van der Waals surface area contributed by atoms with E-state index >= 15 is 0 Å². The van der Waals surface area contributed by atoms with Crippen LogP contribution in [-0.4, -0.2) is 23.6 Å². The van der Waals surface area contributed by atoms with Crippen LogP contribution in [0, 0.1) is 13.8 Å². The molecule has 0 aliphatic carbocycles. The van der Waals surface area contributed by atoms with E-state index < -0.39 is 18.5 Å². The molecular formula is C20H20N2O4S. The third kappa shape index (κ3) is 4.62. The lowest BCUT2D eigenvalue weighted by atomic mass is 10.1. The number of thiophene rings is 1. The van der Waals surface area contributed by atoms with Gasteiger partial charge in [0.25, 0.3) is 5.91 Å². The summed E-state index contributed by atoms with van der Waals surface area (Å²) < 4.78 is 10.2. The minimum absolute atomic E-state index is 0.201. The summed E-state index contributed by atoms with van der Waals surface area (Å²) in [5.41, 5.74) is 3.70. The Hall–Kier alpha value is -2.93. The van der Waals surface area contributed by atoms with Gasteiger partial charge in [0.15, 0.2) is 6.61 Å². The first-order valence-corrected chi connectivity index (χ1v) is 9.38. The maximum Gasteiger partial charge on any atom is 0.348 e. The lowest BCUT2D eigenvalue weighted by Crippen LogP contribution is -2.20. The molecule has 3 rings (SSSR count). The standard InChI is InChI=1S/C20H20N2O4S/c1-4-16-13(3)9-17(27-16)20(24)25-11-18(23)21-19-10-15(22-26-19)14-7-5-12(2)6-8-14/h5-10H,4,11H2,1-3H3,(H,21,23). The van der Waals surface area contributed by atoms with Crippen molar-refractivity contribution in [1.29, 1.82) is 0 Å². The molecule has 3 aromatic rings. The molecule has 1 amide bonds. The van der Waals surface area contributed by atoms with Crippen LogP contribution in [0.1, 0.15) is 32.6 Å². The predicted octanol–water partition coefficient (Wildman–Crippen LogP) is 4.38. The molecule has 0 aliphatic rings. The van der Waals surface area contributed by atoms with E-state index in [1.807, 2.05) is 45.0 Å². The Balaban J connectivity index is 1.55. The van der Waals surface area contributed by atoms with Gasteiger partial charge in [-0.1, -0.05) is 41.9 Å². The number of rotatable bonds is 6. The topological polar surface area (TPSA) is 81.4 Å². The number of aromatic nitrogens is 1. The Morgan fingerprint density at radius 1 is 1.19 bits per heavy atom. The molecule has 1 aromatic carbocycles. The molecule has 0 bridgehead atoms. The SMILES string of the molecule is CCc1sc(C(=O)OCC(=O)Nc2cc(-c3ccc(C)cc3)no2)cc1C. The van der Waals surface area contributed by atoms with Crippen LogP contribution in [-0.2, 0) is 16.0 Å². The van der Waals surface area contributed by atoms with Crippen LogP contribution >= 0.6 is 11.3 Å². The summed E-state index contributed by atoms with van der Waals surface area (Å²) in [5, 5.41) is 6.47. The number of amides is 1. The number of aryl methyl sites for hydroxylation is 3. The van der Waals surface area contributed by atoms with Gasteiger partial charge in [0.05, 0.1) is 0 Å². The molecule has 6 nitrogen and oxygen atoms in total. The number of ether oxygens (including phenoxy) is 1. The van der Waals surface area contributed by atoms with E-state index in [0.29, 0.717) is 10.6 Å². The quantitative estimate of drug-likeness (QED) is 0.638. The summed E-state index contributed by atoms with van der Waals surface area (Å²) in [7, 11) is 0. The van der Waals surface area contributed by atoms with Gasteiger partial charge in [0.1, 0.15) is 10.6 Å². The van der Waals surface area contributed by atoms with Crippen molar-refractivity contribution in [2.45, 2.75) is 27.2 Å². The van der Waals surface area contributed by atoms with Crippen molar-refractivity contribution in [2.24, 2.45) is 0 Å². The second-order valence-corrected chi connectivity index (χ2v) is 7.27. The smallest absolute Gasteiger partial charge is 0.348 e. The number of carbonyl (C=O) groups is 2. The second-order valence-electron chi connectivity index (χ2n) is 6.14. The van der Waals surface area contributed by atoms with Crippen LogP contribution in [0.5, 0.6) is 0 Å². The number of nitrogens with zero attached hydrogens (tertiary/aromatic N) is 1. The van der Waals surface area contributed by atoms with E-state index in [0.717, 1.165) is 28.0 Å². The Bertz CT molecular complexity index is 957. The molecule has 2 aromatic heterocycles. The van der Waals surface area contributed by atoms with Gasteiger partial charge < -0.3 is 9.26 Å². The number of carbonyl (C=O) groups excluding carboxylic acids is 2. The van der Waals surface area contributed by atoms with Crippen molar-refractivity contribution >= 4 is 29.1 Å². The summed E-state index contributed by atoms with van der Waals surface area (Å²) in [6, 6.07) is 11.2. The molecule has 7 heteroatoms. The van der Waals surface area contributed by atoms with Crippen LogP contribution < -0.4 is 5.32 Å². The van der Waals surface area contributed by atoms with Crippen LogP contribution in [0.15, 0.2) is 40.9 Å². The average molecular weight is 384 g/mol. The molecular weight excluding hydrogens is 364 g/mol. The predicted molar refractivity (Wildman–Crippen MR) is 104 cm³/mol. The molecule has 0 spiro atoms. The highest BCUT2D eigenvalue weighted by Crippen LogP contribution is 2.23. The van der Waals surface area contributed by atoms with Crippen molar-refractivity contribution in [1.82, 2.24) is 5.16 Å². The summed E-state index contributed by atoms with van der Waals surface area (Å²) in [5.74, 6) is -0.790. The van der Waals surface area contributed by atoms with Gasteiger partial charge in [-0.2, -0.15) is 0 Å². The zero-order valence-electron chi connectivity index (χ0n) is 15.4. The number of benzene rings is 1.